The van der Waals surface area contributed by atoms with E-state index in [1.807, 2.05) is 20.8 Å². The lowest BCUT2D eigenvalue weighted by atomic mass is 9.86. The molecule has 1 fully saturated rings. The van der Waals surface area contributed by atoms with Gasteiger partial charge < -0.3 is 15.2 Å². The molecule has 1 atom stereocenters. The van der Waals surface area contributed by atoms with Gasteiger partial charge in [0.15, 0.2) is 5.82 Å². The first-order valence-electron chi connectivity index (χ1n) is 18.5. The molecule has 310 valence electrons. The van der Waals surface area contributed by atoms with E-state index in [9.17, 15) is 40.7 Å². The molecular weight excluding hydrogens is 816 g/mol. The molecule has 2 heterocycles. The number of methoxy groups -OCH3 is 1. The Morgan fingerprint density at radius 2 is 1.69 bits per heavy atom. The van der Waals surface area contributed by atoms with Crippen LogP contribution in [0.3, 0.4) is 0 Å². The highest BCUT2D eigenvalue weighted by Gasteiger charge is 2.42. The summed E-state index contributed by atoms with van der Waals surface area (Å²) >= 11 is 6.86. The number of carbonyl (C=O) groups is 1. The average molecular weight is 855 g/mol. The van der Waals surface area contributed by atoms with Crippen molar-refractivity contribution in [1.29, 1.82) is 0 Å². The van der Waals surface area contributed by atoms with E-state index < -0.39 is 69.4 Å². The Morgan fingerprint density at radius 1 is 1.02 bits per heavy atom. The Kier molecular flexibility index (Phi) is 11.1. The van der Waals surface area contributed by atoms with Crippen molar-refractivity contribution in [2.24, 2.45) is 0 Å². The molecule has 1 amide bonds. The predicted octanol–water partition coefficient (Wildman–Crippen LogP) is 8.29. The number of benzene rings is 4. The molecule has 7 rings (SSSR count). The first-order valence-corrected chi connectivity index (χ1v) is 20.4. The van der Waals surface area contributed by atoms with Crippen molar-refractivity contribution < 1.29 is 40.6 Å². The van der Waals surface area contributed by atoms with Gasteiger partial charge in [-0.25, -0.2) is 40.1 Å². The monoisotopic (exact) mass is 854 g/mol. The maximum absolute atomic E-state index is 14.9. The minimum atomic E-state index is -4.16. The average Bonchev–Trinajstić information content (AvgIpc) is 3.96. The van der Waals surface area contributed by atoms with Crippen LogP contribution in [0.5, 0.6) is 5.75 Å². The standard InChI is InChI=1S/C41H39ClF4N6O6S/c1-41(2,3)24-7-12-29-31(18-24)47-37(32(48-40(54)55)17-23-15-25(43)19-26(44)16-23)52(39(29)53)33-14-13-30(42)35-36(33)50(21-34(45)46)49-38(35)51(59(56,57)28-10-11-28)20-22-5-8-27(58-4)9-6-22/h5-9,12-16,18-19,28,32,34,48H,10-11,17,20-21H2,1-4H3,(H,54,55). The summed E-state index contributed by atoms with van der Waals surface area (Å²) in [5.41, 5.74) is -0.0412. The number of sulfonamides is 1. The minimum Gasteiger partial charge on any atom is -0.497 e. The summed E-state index contributed by atoms with van der Waals surface area (Å²) in [5, 5.41) is 16.0. The van der Waals surface area contributed by atoms with Gasteiger partial charge in [0.1, 0.15) is 29.8 Å². The number of hydrogen-bond donors (Lipinski definition) is 2. The second kappa shape index (κ2) is 15.8. The van der Waals surface area contributed by atoms with E-state index >= 15 is 0 Å². The van der Waals surface area contributed by atoms with Crippen molar-refractivity contribution in [2.45, 2.75) is 76.3 Å². The molecular formula is C41H39ClF4N6O6S. The van der Waals surface area contributed by atoms with Gasteiger partial charge in [-0.2, -0.15) is 5.10 Å². The molecule has 4 aromatic carbocycles. The zero-order chi connectivity index (χ0) is 42.6. The van der Waals surface area contributed by atoms with Crippen LogP contribution in [0.15, 0.2) is 77.6 Å². The van der Waals surface area contributed by atoms with Gasteiger partial charge in [-0.3, -0.25) is 14.0 Å². The lowest BCUT2D eigenvalue weighted by molar-refractivity contribution is 0.123. The van der Waals surface area contributed by atoms with Crippen LogP contribution in [0.2, 0.25) is 5.02 Å². The zero-order valence-electron chi connectivity index (χ0n) is 32.2. The van der Waals surface area contributed by atoms with Crippen molar-refractivity contribution >= 4 is 55.3 Å². The van der Waals surface area contributed by atoms with Gasteiger partial charge in [0.25, 0.3) is 12.0 Å². The minimum absolute atomic E-state index is 0.0105. The van der Waals surface area contributed by atoms with Crippen molar-refractivity contribution in [3.8, 4) is 11.4 Å². The molecule has 1 unspecified atom stereocenters. The van der Waals surface area contributed by atoms with Gasteiger partial charge in [-0.15, -0.1) is 0 Å². The van der Waals surface area contributed by atoms with Crippen molar-refractivity contribution in [1.82, 2.24) is 24.6 Å². The number of amides is 1. The van der Waals surface area contributed by atoms with E-state index in [-0.39, 0.29) is 56.3 Å². The number of fused-ring (bicyclic) bond motifs is 2. The summed E-state index contributed by atoms with van der Waals surface area (Å²) in [5.74, 6) is -1.89. The molecule has 1 aliphatic carbocycles. The van der Waals surface area contributed by atoms with E-state index in [4.69, 9.17) is 21.3 Å². The Morgan fingerprint density at radius 3 is 2.29 bits per heavy atom. The fourth-order valence-corrected chi connectivity index (χ4v) is 9.07. The van der Waals surface area contributed by atoms with E-state index in [1.165, 1.54) is 19.2 Å². The van der Waals surface area contributed by atoms with Crippen LogP contribution in [0.25, 0.3) is 27.5 Å². The summed E-state index contributed by atoms with van der Waals surface area (Å²) in [4.78, 5) is 32.1. The SMILES string of the molecule is COc1ccc(CN(c2nn(CC(F)F)c3c(-n4c(C(Cc5cc(F)cc(F)c5)NC(=O)O)nc5cc(C(C)(C)C)ccc5c4=O)ccc(Cl)c23)S(=O)(=O)C2CC2)cc1. The number of carboxylic acid groups (broad SMARTS) is 1. The maximum atomic E-state index is 14.9. The molecule has 2 aromatic heterocycles. The van der Waals surface area contributed by atoms with Gasteiger partial charge in [0, 0.05) is 12.5 Å². The molecule has 0 aliphatic heterocycles. The highest BCUT2D eigenvalue weighted by atomic mass is 35.5. The molecule has 1 saturated carbocycles. The summed E-state index contributed by atoms with van der Waals surface area (Å²) in [6.07, 6.45) is -4.28. The van der Waals surface area contributed by atoms with Gasteiger partial charge in [0.05, 0.1) is 57.5 Å². The number of aromatic nitrogens is 4. The third kappa shape index (κ3) is 8.44. The third-order valence-corrected chi connectivity index (χ3v) is 12.6. The van der Waals surface area contributed by atoms with E-state index in [0.717, 1.165) is 31.3 Å². The second-order valence-electron chi connectivity index (χ2n) is 15.4. The van der Waals surface area contributed by atoms with Crippen molar-refractivity contribution in [2.75, 3.05) is 11.4 Å². The lowest BCUT2D eigenvalue weighted by Gasteiger charge is -2.24. The summed E-state index contributed by atoms with van der Waals surface area (Å²) in [7, 11) is -2.68. The lowest BCUT2D eigenvalue weighted by Crippen LogP contribution is -2.35. The molecule has 18 heteroatoms. The van der Waals surface area contributed by atoms with Crippen LogP contribution in [0, 0.1) is 11.6 Å². The van der Waals surface area contributed by atoms with Crippen LogP contribution in [0.4, 0.5) is 28.2 Å². The third-order valence-electron chi connectivity index (χ3n) is 10.1. The van der Waals surface area contributed by atoms with Crippen LogP contribution in [-0.4, -0.2) is 57.7 Å². The smallest absolute Gasteiger partial charge is 0.405 e. The first-order chi connectivity index (χ1) is 27.8. The Bertz CT molecular complexity index is 2750. The second-order valence-corrected chi connectivity index (χ2v) is 17.9. The van der Waals surface area contributed by atoms with Gasteiger partial charge in [0.2, 0.25) is 10.0 Å². The number of ether oxygens (including phenoxy) is 1. The topological polar surface area (TPSA) is 149 Å². The molecule has 2 N–H and O–H groups in total. The van der Waals surface area contributed by atoms with Crippen LogP contribution < -0.4 is 19.9 Å². The fourth-order valence-electron chi connectivity index (χ4n) is 7.05. The van der Waals surface area contributed by atoms with Crippen molar-refractivity contribution in [3.63, 3.8) is 0 Å². The quantitative estimate of drug-likeness (QED) is 0.110. The molecule has 0 radical (unpaired) electrons. The Hall–Kier alpha value is -5.68. The molecule has 12 nitrogen and oxygen atoms in total. The van der Waals surface area contributed by atoms with E-state index in [2.05, 4.69) is 10.4 Å². The maximum Gasteiger partial charge on any atom is 0.405 e. The number of anilines is 1. The number of alkyl halides is 2. The normalized spacial score (nSPS) is 13.9. The predicted molar refractivity (Wildman–Crippen MR) is 215 cm³/mol. The number of rotatable bonds is 13. The van der Waals surface area contributed by atoms with Gasteiger partial charge in [-0.1, -0.05) is 50.6 Å². The van der Waals surface area contributed by atoms with E-state index in [1.54, 1.807) is 42.5 Å². The molecule has 59 heavy (non-hydrogen) atoms. The Balaban J connectivity index is 1.55. The first kappa shape index (κ1) is 41.5. The van der Waals surface area contributed by atoms with Gasteiger partial charge >= 0.3 is 6.09 Å². The number of nitrogens with one attached hydrogen (secondary N) is 1. The summed E-state index contributed by atoms with van der Waals surface area (Å²) in [6.45, 7) is 4.49. The van der Waals surface area contributed by atoms with Crippen LogP contribution in [-0.2, 0) is 34.9 Å². The molecule has 0 saturated heterocycles. The van der Waals surface area contributed by atoms with Crippen LogP contribution >= 0.6 is 11.6 Å². The molecule has 0 spiro atoms. The summed E-state index contributed by atoms with van der Waals surface area (Å²) in [6, 6.07) is 15.4. The molecule has 6 aromatic rings. The van der Waals surface area contributed by atoms with Gasteiger partial charge in [-0.05, 0) is 83.5 Å². The fraction of sp³-hybridized carbons (Fsp3) is 0.317. The number of halogens is 5. The molecule has 0 bridgehead atoms. The Labute approximate surface area is 341 Å². The molecule has 1 aliphatic rings. The van der Waals surface area contributed by atoms with Crippen molar-refractivity contribution in [3.05, 3.63) is 122 Å². The van der Waals surface area contributed by atoms with Crippen LogP contribution in [0.1, 0.15) is 62.2 Å². The number of hydrogen-bond acceptors (Lipinski definition) is 7. The van der Waals surface area contributed by atoms with E-state index in [0.29, 0.717) is 30.2 Å². The largest absolute Gasteiger partial charge is 0.497 e. The zero-order valence-corrected chi connectivity index (χ0v) is 33.8. The highest BCUT2D eigenvalue weighted by Crippen LogP contribution is 2.42. The number of nitrogens with zero attached hydrogens (tertiary/aromatic N) is 5. The highest BCUT2D eigenvalue weighted by molar-refractivity contribution is 7.93. The summed E-state index contributed by atoms with van der Waals surface area (Å²) < 4.78 is 94.5.